The molecule has 1 aromatic heterocycles. The number of hydrogen-bond acceptors (Lipinski definition) is 3. The molecule has 2 rings (SSSR count). The molecule has 3 unspecified atom stereocenters. The van der Waals surface area contributed by atoms with Gasteiger partial charge < -0.3 is 5.32 Å². The summed E-state index contributed by atoms with van der Waals surface area (Å²) >= 11 is 1.97. The lowest BCUT2D eigenvalue weighted by molar-refractivity contribution is 0.350. The second kappa shape index (κ2) is 6.53. The van der Waals surface area contributed by atoms with E-state index in [0.717, 1.165) is 10.9 Å². The van der Waals surface area contributed by atoms with E-state index in [-0.39, 0.29) is 11.9 Å². The molecule has 0 radical (unpaired) electrons. The van der Waals surface area contributed by atoms with Crippen molar-refractivity contribution in [2.45, 2.75) is 49.9 Å². The van der Waals surface area contributed by atoms with Gasteiger partial charge >= 0.3 is 0 Å². The van der Waals surface area contributed by atoms with Gasteiger partial charge in [-0.25, -0.2) is 4.39 Å². The maximum atomic E-state index is 12.8. The van der Waals surface area contributed by atoms with Gasteiger partial charge in [0.1, 0.15) is 5.82 Å². The summed E-state index contributed by atoms with van der Waals surface area (Å²) in [5.41, 5.74) is 0.919. The normalized spacial score (nSPS) is 25.9. The average Bonchev–Trinajstić information content (AvgIpc) is 2.39. The molecule has 0 bridgehead atoms. The maximum Gasteiger partial charge on any atom is 0.141 e. The Bertz CT molecular complexity index is 369. The van der Waals surface area contributed by atoms with Gasteiger partial charge in [0.05, 0.1) is 11.9 Å². The minimum Gasteiger partial charge on any atom is -0.306 e. The zero-order valence-corrected chi connectivity index (χ0v) is 11.8. The second-order valence-electron chi connectivity index (χ2n) is 5.01. The third-order valence-corrected chi connectivity index (χ3v) is 4.73. The van der Waals surface area contributed by atoms with Gasteiger partial charge in [-0.3, -0.25) is 4.98 Å². The molecule has 1 heterocycles. The van der Waals surface area contributed by atoms with Crippen molar-refractivity contribution in [2.24, 2.45) is 0 Å². The lowest BCUT2D eigenvalue weighted by atomic mass is 9.94. The Morgan fingerprint density at radius 2 is 2.28 bits per heavy atom. The molecule has 18 heavy (non-hydrogen) atoms. The minimum atomic E-state index is -0.272. The molecule has 4 heteroatoms. The highest BCUT2D eigenvalue weighted by Crippen LogP contribution is 2.28. The highest BCUT2D eigenvalue weighted by atomic mass is 32.2. The van der Waals surface area contributed by atoms with E-state index >= 15 is 0 Å². The van der Waals surface area contributed by atoms with E-state index in [9.17, 15) is 4.39 Å². The number of aromatic nitrogens is 1. The van der Waals surface area contributed by atoms with E-state index in [1.54, 1.807) is 6.07 Å². The van der Waals surface area contributed by atoms with Crippen molar-refractivity contribution in [1.29, 1.82) is 0 Å². The molecule has 0 amide bonds. The van der Waals surface area contributed by atoms with Crippen LogP contribution in [0.4, 0.5) is 4.39 Å². The van der Waals surface area contributed by atoms with E-state index < -0.39 is 0 Å². The zero-order valence-electron chi connectivity index (χ0n) is 11.0. The molecule has 1 N–H and O–H groups in total. The lowest BCUT2D eigenvalue weighted by Gasteiger charge is -2.31. The number of pyridine rings is 1. The van der Waals surface area contributed by atoms with Gasteiger partial charge in [-0.1, -0.05) is 6.42 Å². The molecule has 0 aromatic carbocycles. The third-order valence-electron chi connectivity index (χ3n) is 3.64. The molecule has 1 aliphatic carbocycles. The first-order valence-electron chi connectivity index (χ1n) is 6.59. The highest BCUT2D eigenvalue weighted by Gasteiger charge is 2.22. The Morgan fingerprint density at radius 1 is 1.44 bits per heavy atom. The summed E-state index contributed by atoms with van der Waals surface area (Å²) < 4.78 is 12.8. The van der Waals surface area contributed by atoms with Crippen LogP contribution in [0, 0.1) is 5.82 Å². The maximum absolute atomic E-state index is 12.8. The molecular weight excluding hydrogens is 247 g/mol. The largest absolute Gasteiger partial charge is 0.306 e. The van der Waals surface area contributed by atoms with Crippen LogP contribution >= 0.6 is 11.8 Å². The Balaban J connectivity index is 1.90. The van der Waals surface area contributed by atoms with Gasteiger partial charge in [0.15, 0.2) is 0 Å². The predicted molar refractivity (Wildman–Crippen MR) is 75.3 cm³/mol. The Kier molecular flexibility index (Phi) is 5.01. The first-order chi connectivity index (χ1) is 8.69. The summed E-state index contributed by atoms with van der Waals surface area (Å²) in [7, 11) is 0. The molecule has 1 saturated carbocycles. The van der Waals surface area contributed by atoms with E-state index in [1.807, 2.05) is 11.8 Å². The van der Waals surface area contributed by atoms with Crippen LogP contribution in [0.25, 0.3) is 0 Å². The topological polar surface area (TPSA) is 24.9 Å². The monoisotopic (exact) mass is 268 g/mol. The van der Waals surface area contributed by atoms with Crippen molar-refractivity contribution in [3.63, 3.8) is 0 Å². The summed E-state index contributed by atoms with van der Waals surface area (Å²) in [6, 6.07) is 4.00. The molecule has 0 spiro atoms. The predicted octanol–water partition coefficient (Wildman–Crippen LogP) is 3.55. The van der Waals surface area contributed by atoms with E-state index in [0.29, 0.717) is 6.04 Å². The third kappa shape index (κ3) is 3.69. The van der Waals surface area contributed by atoms with Crippen molar-refractivity contribution in [3.8, 4) is 0 Å². The zero-order chi connectivity index (χ0) is 13.0. The summed E-state index contributed by atoms with van der Waals surface area (Å²) in [5, 5.41) is 4.40. The molecule has 1 aliphatic rings. The van der Waals surface area contributed by atoms with Crippen LogP contribution in [-0.2, 0) is 0 Å². The number of nitrogens with one attached hydrogen (secondary N) is 1. The van der Waals surface area contributed by atoms with Crippen molar-refractivity contribution in [2.75, 3.05) is 6.26 Å². The van der Waals surface area contributed by atoms with Crippen molar-refractivity contribution >= 4 is 11.8 Å². The summed E-state index contributed by atoms with van der Waals surface area (Å²) in [4.78, 5) is 4.14. The van der Waals surface area contributed by atoms with Crippen LogP contribution in [0.2, 0.25) is 0 Å². The summed E-state index contributed by atoms with van der Waals surface area (Å²) in [5.74, 6) is -0.272. The molecule has 3 atom stereocenters. The van der Waals surface area contributed by atoms with Gasteiger partial charge in [-0.05, 0) is 44.6 Å². The quantitative estimate of drug-likeness (QED) is 0.904. The van der Waals surface area contributed by atoms with Gasteiger partial charge in [0.25, 0.3) is 0 Å². The van der Waals surface area contributed by atoms with Crippen LogP contribution in [-0.4, -0.2) is 22.5 Å². The molecule has 2 nitrogen and oxygen atoms in total. The van der Waals surface area contributed by atoms with Crippen molar-refractivity contribution < 1.29 is 4.39 Å². The van der Waals surface area contributed by atoms with Crippen LogP contribution in [0.5, 0.6) is 0 Å². The van der Waals surface area contributed by atoms with E-state index in [1.165, 1.54) is 37.9 Å². The van der Waals surface area contributed by atoms with Gasteiger partial charge in [0.2, 0.25) is 0 Å². The molecule has 100 valence electrons. The Hall–Kier alpha value is -0.610. The summed E-state index contributed by atoms with van der Waals surface area (Å²) in [6.45, 7) is 2.10. The lowest BCUT2D eigenvalue weighted by Crippen LogP contribution is -2.36. The SMILES string of the molecule is CSC1CCCC(NC(C)c2ccc(F)cn2)C1. The van der Waals surface area contributed by atoms with E-state index in [4.69, 9.17) is 0 Å². The number of thioether (sulfide) groups is 1. The average molecular weight is 268 g/mol. The molecule has 0 aliphatic heterocycles. The van der Waals surface area contributed by atoms with Crippen molar-refractivity contribution in [3.05, 3.63) is 29.8 Å². The minimum absolute atomic E-state index is 0.191. The number of halogens is 1. The fraction of sp³-hybridized carbons (Fsp3) is 0.643. The van der Waals surface area contributed by atoms with Gasteiger partial charge in [-0.2, -0.15) is 11.8 Å². The van der Waals surface area contributed by atoms with Gasteiger partial charge in [-0.15, -0.1) is 0 Å². The van der Waals surface area contributed by atoms with Crippen LogP contribution in [0.3, 0.4) is 0 Å². The van der Waals surface area contributed by atoms with Gasteiger partial charge in [0, 0.05) is 17.3 Å². The van der Waals surface area contributed by atoms with Crippen LogP contribution in [0.15, 0.2) is 18.3 Å². The molecular formula is C14H21FN2S. The smallest absolute Gasteiger partial charge is 0.141 e. The molecule has 0 saturated heterocycles. The summed E-state index contributed by atoms with van der Waals surface area (Å²) in [6.07, 6.45) is 8.58. The number of hydrogen-bond donors (Lipinski definition) is 1. The fourth-order valence-electron chi connectivity index (χ4n) is 2.59. The number of rotatable bonds is 4. The standard InChI is InChI=1S/C14H21FN2S/c1-10(14-7-6-11(15)9-16-14)17-12-4-3-5-13(8-12)18-2/h6-7,9-10,12-13,17H,3-5,8H2,1-2H3. The van der Waals surface area contributed by atoms with E-state index in [2.05, 4.69) is 23.5 Å². The van der Waals surface area contributed by atoms with Crippen molar-refractivity contribution in [1.82, 2.24) is 10.3 Å². The Morgan fingerprint density at radius 3 is 2.94 bits per heavy atom. The second-order valence-corrected chi connectivity index (χ2v) is 6.15. The number of nitrogens with zero attached hydrogens (tertiary/aromatic N) is 1. The highest BCUT2D eigenvalue weighted by molar-refractivity contribution is 7.99. The van der Waals surface area contributed by atoms with Crippen LogP contribution < -0.4 is 5.32 Å². The first kappa shape index (κ1) is 13.8. The van der Waals surface area contributed by atoms with Crippen LogP contribution in [0.1, 0.15) is 44.3 Å². The fourth-order valence-corrected chi connectivity index (χ4v) is 3.42. The molecule has 1 aromatic rings. The Labute approximate surface area is 113 Å². The molecule has 1 fully saturated rings. The first-order valence-corrected chi connectivity index (χ1v) is 7.88.